The van der Waals surface area contributed by atoms with Gasteiger partial charge in [0.15, 0.2) is 0 Å². The number of carbonyl (C=O) groups excluding carboxylic acids is 1. The number of piperidine rings is 1. The third kappa shape index (κ3) is 3.72. The highest BCUT2D eigenvalue weighted by molar-refractivity contribution is 7.63. The van der Waals surface area contributed by atoms with Crippen molar-refractivity contribution in [2.75, 3.05) is 19.9 Å². The van der Waals surface area contributed by atoms with E-state index in [1.165, 1.54) is 13.3 Å². The van der Waals surface area contributed by atoms with Gasteiger partial charge in [0.2, 0.25) is 0 Å². The summed E-state index contributed by atoms with van der Waals surface area (Å²) in [7, 11) is -2.60. The van der Waals surface area contributed by atoms with Crippen LogP contribution in [0.2, 0.25) is 0 Å². The van der Waals surface area contributed by atoms with Crippen LogP contribution in [0.25, 0.3) is 0 Å². The summed E-state index contributed by atoms with van der Waals surface area (Å²) in [5, 5.41) is 8.96. The molecule has 0 aliphatic carbocycles. The number of nitrogens with zero attached hydrogens (tertiary/aromatic N) is 1. The summed E-state index contributed by atoms with van der Waals surface area (Å²) in [5.41, 5.74) is -0.467. The zero-order valence-electron chi connectivity index (χ0n) is 10.5. The summed E-state index contributed by atoms with van der Waals surface area (Å²) < 4.78 is 49.0. The number of aliphatic carboxylic acids is 1. The molecule has 1 fully saturated rings. The number of carboxylic acid groups (broad SMARTS) is 1. The Balaban J connectivity index is 2.96. The maximum absolute atomic E-state index is 12.4. The van der Waals surface area contributed by atoms with Crippen molar-refractivity contribution in [3.63, 3.8) is 0 Å². The van der Waals surface area contributed by atoms with E-state index in [9.17, 15) is 27.3 Å². The van der Waals surface area contributed by atoms with E-state index in [1.807, 2.05) is 0 Å². The number of alkyl halides is 3. The Morgan fingerprint density at radius 3 is 2.21 bits per heavy atom. The topological polar surface area (TPSA) is 74.7 Å². The zero-order chi connectivity index (χ0) is 15.0. The first-order valence-corrected chi connectivity index (χ1v) is 8.27. The molecule has 5 nitrogen and oxygen atoms in total. The van der Waals surface area contributed by atoms with Gasteiger partial charge in [0.1, 0.15) is 6.04 Å². The van der Waals surface area contributed by atoms with Crippen LogP contribution in [0.3, 0.4) is 0 Å². The summed E-state index contributed by atoms with van der Waals surface area (Å²) in [6.07, 6.45) is -5.18. The molecule has 19 heavy (non-hydrogen) atoms. The molecule has 0 bridgehead atoms. The molecule has 0 spiro atoms. The molecule has 0 radical (unpaired) electrons. The highest BCUT2D eigenvalue weighted by Crippen LogP contribution is 2.48. The second kappa shape index (κ2) is 5.15. The number of amides is 1. The number of carbonyl (C=O) groups is 2. The molecule has 110 valence electrons. The van der Waals surface area contributed by atoms with Crippen LogP contribution in [-0.4, -0.2) is 59.6 Å². The first kappa shape index (κ1) is 16.0. The van der Waals surface area contributed by atoms with Crippen molar-refractivity contribution >= 4 is 19.0 Å². The summed E-state index contributed by atoms with van der Waals surface area (Å²) in [6, 6.07) is -1.57. The first-order valence-electron chi connectivity index (χ1n) is 5.60. The Morgan fingerprint density at radius 1 is 1.32 bits per heavy atom. The minimum Gasteiger partial charge on any atom is -0.480 e. The van der Waals surface area contributed by atoms with E-state index in [2.05, 4.69) is 0 Å². The Labute approximate surface area is 108 Å². The highest BCUT2D eigenvalue weighted by Gasteiger charge is 2.49. The van der Waals surface area contributed by atoms with Gasteiger partial charge in [-0.3, -0.25) is 4.79 Å². The minimum atomic E-state index is -5.09. The van der Waals surface area contributed by atoms with Crippen LogP contribution < -0.4 is 0 Å². The molecule has 0 saturated carbocycles. The van der Waals surface area contributed by atoms with Gasteiger partial charge in [-0.05, 0) is 26.2 Å². The van der Waals surface area contributed by atoms with Gasteiger partial charge >= 0.3 is 18.1 Å². The molecule has 0 unspecified atom stereocenters. The smallest absolute Gasteiger partial charge is 0.471 e. The van der Waals surface area contributed by atoms with Gasteiger partial charge < -0.3 is 14.6 Å². The SMILES string of the molecule is CP(C)(=O)[C@@H]1CCN(C(=O)C(F)(F)F)[C@H](C(=O)O)C1. The molecule has 0 aromatic heterocycles. The van der Waals surface area contributed by atoms with Crippen LogP contribution in [-0.2, 0) is 14.2 Å². The maximum atomic E-state index is 12.4. The largest absolute Gasteiger partial charge is 0.480 e. The number of hydrogen-bond donors (Lipinski definition) is 1. The van der Waals surface area contributed by atoms with Crippen LogP contribution in [0.15, 0.2) is 0 Å². The first-order chi connectivity index (χ1) is 8.44. The molecule has 0 aromatic rings. The monoisotopic (exact) mass is 301 g/mol. The van der Waals surface area contributed by atoms with Crippen molar-refractivity contribution in [2.24, 2.45) is 0 Å². The Bertz CT molecular complexity index is 431. The molecule has 2 atom stereocenters. The number of rotatable bonds is 2. The fraction of sp³-hybridized carbons (Fsp3) is 0.800. The predicted octanol–water partition coefficient (Wildman–Crippen LogP) is 1.62. The van der Waals surface area contributed by atoms with Crippen molar-refractivity contribution < 1.29 is 32.4 Å². The molecule has 9 heteroatoms. The van der Waals surface area contributed by atoms with Crippen LogP contribution in [0, 0.1) is 0 Å². The number of carboxylic acids is 1. The predicted molar refractivity (Wildman–Crippen MR) is 61.7 cm³/mol. The average Bonchev–Trinajstić information content (AvgIpc) is 2.24. The fourth-order valence-electron chi connectivity index (χ4n) is 2.15. The molecule has 1 aliphatic heterocycles. The second-order valence-corrected chi connectivity index (χ2v) is 8.56. The van der Waals surface area contributed by atoms with Gasteiger partial charge in [0, 0.05) is 12.2 Å². The van der Waals surface area contributed by atoms with Gasteiger partial charge in [0.05, 0.1) is 7.14 Å². The quantitative estimate of drug-likeness (QED) is 0.786. The third-order valence-corrected chi connectivity index (χ3v) is 5.47. The summed E-state index contributed by atoms with van der Waals surface area (Å²) >= 11 is 0. The Kier molecular flexibility index (Phi) is 4.34. The lowest BCUT2D eigenvalue weighted by molar-refractivity contribution is -0.191. The van der Waals surface area contributed by atoms with Crippen LogP contribution >= 0.6 is 7.14 Å². The molecule has 1 rings (SSSR count). The van der Waals surface area contributed by atoms with Gasteiger partial charge in [-0.1, -0.05) is 0 Å². The molecule has 1 aliphatic rings. The molecule has 1 N–H and O–H groups in total. The zero-order valence-corrected chi connectivity index (χ0v) is 11.4. The Hall–Kier alpha value is -1.04. The lowest BCUT2D eigenvalue weighted by atomic mass is 10.0. The van der Waals surface area contributed by atoms with E-state index in [0.29, 0.717) is 4.90 Å². The summed E-state index contributed by atoms with van der Waals surface area (Å²) in [4.78, 5) is 22.5. The van der Waals surface area contributed by atoms with E-state index in [1.54, 1.807) is 0 Å². The molecule has 1 heterocycles. The average molecular weight is 301 g/mol. The molecular weight excluding hydrogens is 286 g/mol. The lowest BCUT2D eigenvalue weighted by Gasteiger charge is -2.38. The van der Waals surface area contributed by atoms with Gasteiger partial charge in [-0.15, -0.1) is 0 Å². The van der Waals surface area contributed by atoms with E-state index >= 15 is 0 Å². The molecule has 0 aromatic carbocycles. The van der Waals surface area contributed by atoms with Crippen molar-refractivity contribution in [1.29, 1.82) is 0 Å². The molecular formula is C10H15F3NO4P. The number of likely N-dealkylation sites (tertiary alicyclic amines) is 1. The van der Waals surface area contributed by atoms with Gasteiger partial charge in [-0.2, -0.15) is 13.2 Å². The molecule has 1 amide bonds. The summed E-state index contributed by atoms with van der Waals surface area (Å²) in [5.74, 6) is -3.66. The third-order valence-electron chi connectivity index (χ3n) is 3.24. The Morgan fingerprint density at radius 2 is 1.84 bits per heavy atom. The van der Waals surface area contributed by atoms with Gasteiger partial charge in [-0.25, -0.2) is 4.79 Å². The van der Waals surface area contributed by atoms with Crippen molar-refractivity contribution in [3.05, 3.63) is 0 Å². The van der Waals surface area contributed by atoms with E-state index in [4.69, 9.17) is 5.11 Å². The normalized spacial score (nSPS) is 25.2. The standard InChI is InChI=1S/C10H15F3NO4P/c1-19(2,18)6-3-4-14(7(5-6)8(15)16)9(17)10(11,12)13/h6-7H,3-5H2,1-2H3,(H,15,16)/t6-,7+/m1/s1. The maximum Gasteiger partial charge on any atom is 0.471 e. The van der Waals surface area contributed by atoms with Crippen LogP contribution in [0.4, 0.5) is 13.2 Å². The fourth-order valence-corrected chi connectivity index (χ4v) is 3.60. The minimum absolute atomic E-state index is 0.121. The van der Waals surface area contributed by atoms with Crippen molar-refractivity contribution in [2.45, 2.75) is 30.7 Å². The lowest BCUT2D eigenvalue weighted by Crippen LogP contribution is -2.54. The van der Waals surface area contributed by atoms with E-state index in [-0.39, 0.29) is 19.4 Å². The van der Waals surface area contributed by atoms with Gasteiger partial charge in [0.25, 0.3) is 0 Å². The highest BCUT2D eigenvalue weighted by atomic mass is 31.2. The van der Waals surface area contributed by atoms with E-state index in [0.717, 1.165) is 0 Å². The molecule has 1 saturated heterocycles. The number of halogens is 3. The van der Waals surface area contributed by atoms with Crippen molar-refractivity contribution in [3.8, 4) is 0 Å². The summed E-state index contributed by atoms with van der Waals surface area (Å²) in [6.45, 7) is 2.60. The van der Waals surface area contributed by atoms with E-state index < -0.39 is 36.9 Å². The van der Waals surface area contributed by atoms with Crippen molar-refractivity contribution in [1.82, 2.24) is 4.90 Å². The van der Waals surface area contributed by atoms with Crippen LogP contribution in [0.5, 0.6) is 0 Å². The van der Waals surface area contributed by atoms with Crippen LogP contribution in [0.1, 0.15) is 12.8 Å². The number of hydrogen-bond acceptors (Lipinski definition) is 3. The second-order valence-electron chi connectivity index (χ2n) is 4.96.